The number of carbonyl (C=O) groups excluding carboxylic acids is 1. The molecule has 146 valence electrons. The van der Waals surface area contributed by atoms with Crippen LogP contribution in [0, 0.1) is 0 Å². The number of amides is 1. The number of hydrogen-bond acceptors (Lipinski definition) is 7. The van der Waals surface area contributed by atoms with E-state index in [4.69, 9.17) is 4.74 Å². The zero-order chi connectivity index (χ0) is 19.0. The van der Waals surface area contributed by atoms with Crippen LogP contribution in [0.4, 0.5) is 5.13 Å². The predicted molar refractivity (Wildman–Crippen MR) is 103 cm³/mol. The molecule has 2 aliphatic heterocycles. The molecule has 1 amide bonds. The summed E-state index contributed by atoms with van der Waals surface area (Å²) in [4.78, 5) is 21.7. The first-order valence-electron chi connectivity index (χ1n) is 9.46. The molecule has 0 aliphatic carbocycles. The maximum Gasteiger partial charge on any atom is 0.257 e. The Balaban J connectivity index is 1.40. The van der Waals surface area contributed by atoms with Gasteiger partial charge in [0.05, 0.1) is 30.5 Å². The Morgan fingerprint density at radius 3 is 2.70 bits per heavy atom. The zero-order valence-corrected chi connectivity index (χ0v) is 16.9. The molecule has 8 nitrogen and oxygen atoms in total. The third kappa shape index (κ3) is 3.70. The van der Waals surface area contributed by atoms with E-state index < -0.39 is 0 Å². The first-order chi connectivity index (χ1) is 13.0. The zero-order valence-electron chi connectivity index (χ0n) is 16.1. The molecular formula is C18H26N6O2S. The van der Waals surface area contributed by atoms with E-state index in [-0.39, 0.29) is 11.5 Å². The summed E-state index contributed by atoms with van der Waals surface area (Å²) in [5, 5.41) is 5.11. The van der Waals surface area contributed by atoms with Gasteiger partial charge in [0, 0.05) is 50.3 Å². The Labute approximate surface area is 163 Å². The molecule has 0 radical (unpaired) electrons. The van der Waals surface area contributed by atoms with Crippen LogP contribution in [0.2, 0.25) is 0 Å². The summed E-state index contributed by atoms with van der Waals surface area (Å²) in [5.41, 5.74) is 0.389. The number of piperidine rings is 1. The van der Waals surface area contributed by atoms with Crippen LogP contribution in [-0.4, -0.2) is 68.3 Å². The summed E-state index contributed by atoms with van der Waals surface area (Å²) in [5.74, 6) is 1.30. The lowest BCUT2D eigenvalue weighted by Gasteiger charge is -2.47. The van der Waals surface area contributed by atoms with Crippen LogP contribution in [0.15, 0.2) is 12.4 Å². The maximum absolute atomic E-state index is 12.8. The maximum atomic E-state index is 12.8. The standard InChI is InChI=1S/C18H26N6O2S/c1-13(2)15-20-17(27-21-15)23-6-4-18(5-7-23)12-24(8-9-26-18)16(25)14-10-19-22(3)11-14/h10-11,13H,4-9,12H2,1-3H3. The van der Waals surface area contributed by atoms with E-state index in [9.17, 15) is 4.79 Å². The highest BCUT2D eigenvalue weighted by Crippen LogP contribution is 2.33. The summed E-state index contributed by atoms with van der Waals surface area (Å²) < 4.78 is 12.3. The van der Waals surface area contributed by atoms with Crippen molar-refractivity contribution in [1.82, 2.24) is 24.0 Å². The van der Waals surface area contributed by atoms with Gasteiger partial charge in [-0.2, -0.15) is 9.47 Å². The highest BCUT2D eigenvalue weighted by Gasteiger charge is 2.41. The van der Waals surface area contributed by atoms with Gasteiger partial charge in [0.2, 0.25) is 5.13 Å². The van der Waals surface area contributed by atoms with Crippen LogP contribution in [0.3, 0.4) is 0 Å². The van der Waals surface area contributed by atoms with Gasteiger partial charge in [-0.25, -0.2) is 4.98 Å². The number of aryl methyl sites for hydroxylation is 1. The molecule has 1 spiro atoms. The Hall–Kier alpha value is -2.00. The molecule has 2 aromatic rings. The number of hydrogen-bond donors (Lipinski definition) is 0. The van der Waals surface area contributed by atoms with Gasteiger partial charge < -0.3 is 14.5 Å². The van der Waals surface area contributed by atoms with Crippen LogP contribution in [0.5, 0.6) is 0 Å². The second kappa shape index (κ2) is 7.20. The molecule has 2 aromatic heterocycles. The fraction of sp³-hybridized carbons (Fsp3) is 0.667. The molecule has 0 atom stereocenters. The normalized spacial score (nSPS) is 19.9. The highest BCUT2D eigenvalue weighted by atomic mass is 32.1. The van der Waals surface area contributed by atoms with Crippen molar-refractivity contribution >= 4 is 22.6 Å². The van der Waals surface area contributed by atoms with Crippen molar-refractivity contribution in [3.63, 3.8) is 0 Å². The lowest BCUT2D eigenvalue weighted by Crippen LogP contribution is -2.58. The summed E-state index contributed by atoms with van der Waals surface area (Å²) in [7, 11) is 1.82. The molecule has 2 fully saturated rings. The van der Waals surface area contributed by atoms with Crippen molar-refractivity contribution < 1.29 is 9.53 Å². The van der Waals surface area contributed by atoms with Crippen molar-refractivity contribution in [2.45, 2.75) is 38.2 Å². The molecule has 9 heteroatoms. The summed E-state index contributed by atoms with van der Waals surface area (Å²) >= 11 is 1.47. The molecule has 27 heavy (non-hydrogen) atoms. The predicted octanol–water partition coefficient (Wildman–Crippen LogP) is 1.91. The Morgan fingerprint density at radius 2 is 2.07 bits per heavy atom. The van der Waals surface area contributed by atoms with E-state index >= 15 is 0 Å². The molecule has 4 rings (SSSR count). The highest BCUT2D eigenvalue weighted by molar-refractivity contribution is 7.09. The average Bonchev–Trinajstić information content (AvgIpc) is 3.31. The number of nitrogens with zero attached hydrogens (tertiary/aromatic N) is 6. The quantitative estimate of drug-likeness (QED) is 0.797. The minimum Gasteiger partial charge on any atom is -0.371 e. The Morgan fingerprint density at radius 1 is 1.30 bits per heavy atom. The Kier molecular flexibility index (Phi) is 4.90. The van der Waals surface area contributed by atoms with Gasteiger partial charge in [-0.05, 0) is 12.8 Å². The molecular weight excluding hydrogens is 364 g/mol. The SMILES string of the molecule is CC(C)c1nsc(N2CCC3(CC2)CN(C(=O)c2cnn(C)c2)CCO3)n1. The van der Waals surface area contributed by atoms with Gasteiger partial charge in [-0.15, -0.1) is 0 Å². The van der Waals surface area contributed by atoms with Crippen LogP contribution < -0.4 is 4.90 Å². The van der Waals surface area contributed by atoms with Gasteiger partial charge in [-0.1, -0.05) is 13.8 Å². The van der Waals surface area contributed by atoms with Gasteiger partial charge in [0.15, 0.2) is 0 Å². The molecule has 0 unspecified atom stereocenters. The molecule has 0 saturated carbocycles. The summed E-state index contributed by atoms with van der Waals surface area (Å²) in [6, 6.07) is 0. The lowest BCUT2D eigenvalue weighted by atomic mass is 9.89. The molecule has 2 saturated heterocycles. The fourth-order valence-corrected chi connectivity index (χ4v) is 4.59. The van der Waals surface area contributed by atoms with Crippen molar-refractivity contribution in [3.05, 3.63) is 23.8 Å². The number of aromatic nitrogens is 4. The van der Waals surface area contributed by atoms with Crippen LogP contribution in [-0.2, 0) is 11.8 Å². The van der Waals surface area contributed by atoms with Crippen LogP contribution >= 0.6 is 11.5 Å². The fourth-order valence-electron chi connectivity index (χ4n) is 3.73. The van der Waals surface area contributed by atoms with E-state index in [2.05, 4.69) is 33.2 Å². The molecule has 2 aliphatic rings. The van der Waals surface area contributed by atoms with Crippen molar-refractivity contribution in [3.8, 4) is 0 Å². The Bertz CT molecular complexity index is 808. The molecule has 0 N–H and O–H groups in total. The molecule has 0 bridgehead atoms. The first-order valence-corrected chi connectivity index (χ1v) is 10.2. The van der Waals surface area contributed by atoms with E-state index in [1.165, 1.54) is 11.5 Å². The van der Waals surface area contributed by atoms with E-state index in [0.717, 1.165) is 36.9 Å². The second-order valence-corrected chi connectivity index (χ2v) is 8.47. The number of ether oxygens (including phenoxy) is 1. The first kappa shape index (κ1) is 18.4. The van der Waals surface area contributed by atoms with Crippen molar-refractivity contribution in [1.29, 1.82) is 0 Å². The third-order valence-corrected chi connectivity index (χ3v) is 6.17. The van der Waals surface area contributed by atoms with Crippen molar-refractivity contribution in [2.75, 3.05) is 37.7 Å². The van der Waals surface area contributed by atoms with Crippen LogP contribution in [0.25, 0.3) is 0 Å². The number of anilines is 1. The van der Waals surface area contributed by atoms with E-state index in [1.807, 2.05) is 11.9 Å². The summed E-state index contributed by atoms with van der Waals surface area (Å²) in [6.07, 6.45) is 5.19. The second-order valence-electron chi connectivity index (χ2n) is 7.74. The van der Waals surface area contributed by atoms with Gasteiger partial charge in [-0.3, -0.25) is 9.48 Å². The van der Waals surface area contributed by atoms with E-state index in [0.29, 0.717) is 31.2 Å². The topological polar surface area (TPSA) is 76.4 Å². The van der Waals surface area contributed by atoms with E-state index in [1.54, 1.807) is 17.1 Å². The van der Waals surface area contributed by atoms with Gasteiger partial charge in [0.1, 0.15) is 5.82 Å². The largest absolute Gasteiger partial charge is 0.371 e. The van der Waals surface area contributed by atoms with Gasteiger partial charge >= 0.3 is 0 Å². The minimum atomic E-state index is -0.252. The summed E-state index contributed by atoms with van der Waals surface area (Å²) in [6.45, 7) is 7.84. The third-order valence-electron chi connectivity index (χ3n) is 5.38. The number of rotatable bonds is 3. The smallest absolute Gasteiger partial charge is 0.257 e. The number of carbonyl (C=O) groups is 1. The molecule has 4 heterocycles. The van der Waals surface area contributed by atoms with Crippen molar-refractivity contribution in [2.24, 2.45) is 7.05 Å². The van der Waals surface area contributed by atoms with Crippen LogP contribution in [0.1, 0.15) is 48.8 Å². The minimum absolute atomic E-state index is 0.0407. The molecule has 0 aromatic carbocycles. The average molecular weight is 391 g/mol. The van der Waals surface area contributed by atoms with Gasteiger partial charge in [0.25, 0.3) is 5.91 Å². The monoisotopic (exact) mass is 390 g/mol. The lowest BCUT2D eigenvalue weighted by molar-refractivity contribution is -0.111. The number of morpholine rings is 1.